The van der Waals surface area contributed by atoms with Crippen LogP contribution in [0.1, 0.15) is 46.0 Å². The Labute approximate surface area is 123 Å². The maximum atomic E-state index is 11.4. The Bertz CT molecular complexity index is 417. The van der Waals surface area contributed by atoms with Gasteiger partial charge in [-0.3, -0.25) is 0 Å². The van der Waals surface area contributed by atoms with E-state index in [4.69, 9.17) is 4.74 Å². The molecule has 0 aromatic heterocycles. The number of nitrogens with one attached hydrogen (secondary N) is 1. The van der Waals surface area contributed by atoms with Crippen LogP contribution in [0.3, 0.4) is 0 Å². The van der Waals surface area contributed by atoms with Crippen LogP contribution >= 0.6 is 0 Å². The van der Waals surface area contributed by atoms with Crippen LogP contribution in [-0.2, 0) is 14.6 Å². The Morgan fingerprint density at radius 2 is 2.05 bits per heavy atom. The molecule has 1 heterocycles. The fourth-order valence-corrected chi connectivity index (χ4v) is 4.05. The van der Waals surface area contributed by atoms with Crippen molar-refractivity contribution in [3.05, 3.63) is 0 Å². The van der Waals surface area contributed by atoms with Gasteiger partial charge in [-0.15, -0.1) is 0 Å². The third kappa shape index (κ3) is 4.43. The molecule has 118 valence electrons. The molecule has 2 atom stereocenters. The van der Waals surface area contributed by atoms with Crippen molar-refractivity contribution in [1.82, 2.24) is 5.32 Å². The van der Waals surface area contributed by atoms with E-state index in [0.717, 1.165) is 32.4 Å². The zero-order valence-corrected chi connectivity index (χ0v) is 13.8. The van der Waals surface area contributed by atoms with Crippen LogP contribution in [0.2, 0.25) is 0 Å². The molecule has 5 heteroatoms. The van der Waals surface area contributed by atoms with E-state index >= 15 is 0 Å². The van der Waals surface area contributed by atoms with Gasteiger partial charge in [0.25, 0.3) is 0 Å². The molecule has 0 radical (unpaired) electrons. The van der Waals surface area contributed by atoms with Crippen LogP contribution in [0, 0.1) is 11.3 Å². The second-order valence-electron chi connectivity index (χ2n) is 7.01. The summed E-state index contributed by atoms with van der Waals surface area (Å²) in [7, 11) is -2.86. The summed E-state index contributed by atoms with van der Waals surface area (Å²) in [5, 5.41) is 3.56. The molecule has 1 N–H and O–H groups in total. The predicted octanol–water partition coefficient (Wildman–Crippen LogP) is 1.99. The second-order valence-corrected chi connectivity index (χ2v) is 9.27. The van der Waals surface area contributed by atoms with Gasteiger partial charge < -0.3 is 10.1 Å². The molecule has 2 unspecified atom stereocenters. The maximum absolute atomic E-state index is 11.4. The molecule has 0 aromatic rings. The number of rotatable bonds is 8. The molecule has 2 rings (SSSR count). The van der Waals surface area contributed by atoms with Crippen LogP contribution in [-0.4, -0.2) is 45.7 Å². The third-order valence-corrected chi connectivity index (χ3v) is 5.63. The van der Waals surface area contributed by atoms with Crippen molar-refractivity contribution in [2.24, 2.45) is 11.3 Å². The van der Waals surface area contributed by atoms with Crippen LogP contribution in [0.15, 0.2) is 0 Å². The second kappa shape index (κ2) is 6.32. The van der Waals surface area contributed by atoms with Gasteiger partial charge >= 0.3 is 0 Å². The van der Waals surface area contributed by atoms with Crippen LogP contribution in [0.5, 0.6) is 0 Å². The molecule has 1 aliphatic heterocycles. The van der Waals surface area contributed by atoms with Crippen LogP contribution in [0.4, 0.5) is 0 Å². The standard InChI is InChI=1S/C15H29NO3S/c1-12(2)16-11-15(7-4-10-20(3,17)18)8-9-19-14(15)13-5-6-13/h12-14,16H,4-11H2,1-3H3. The first kappa shape index (κ1) is 16.2. The van der Waals surface area contributed by atoms with Gasteiger partial charge in [-0.1, -0.05) is 13.8 Å². The third-order valence-electron chi connectivity index (χ3n) is 4.60. The van der Waals surface area contributed by atoms with Crippen molar-refractivity contribution in [2.75, 3.05) is 25.2 Å². The lowest BCUT2D eigenvalue weighted by molar-refractivity contribution is 0.0254. The molecule has 20 heavy (non-hydrogen) atoms. The SMILES string of the molecule is CC(C)NCC1(CCCS(C)(=O)=O)CCOC1C1CC1. The van der Waals surface area contributed by atoms with Gasteiger partial charge in [0, 0.05) is 36.6 Å². The summed E-state index contributed by atoms with van der Waals surface area (Å²) in [4.78, 5) is 0. The van der Waals surface area contributed by atoms with E-state index in [2.05, 4.69) is 19.2 Å². The van der Waals surface area contributed by atoms with Gasteiger partial charge in [-0.2, -0.15) is 0 Å². The Morgan fingerprint density at radius 1 is 1.35 bits per heavy atom. The van der Waals surface area contributed by atoms with Gasteiger partial charge in [0.1, 0.15) is 9.84 Å². The first-order valence-electron chi connectivity index (χ1n) is 7.85. The molecular weight excluding hydrogens is 274 g/mol. The minimum Gasteiger partial charge on any atom is -0.377 e. The molecule has 0 aromatic carbocycles. The van der Waals surface area contributed by atoms with Gasteiger partial charge in [0.15, 0.2) is 0 Å². The van der Waals surface area contributed by atoms with Crippen LogP contribution < -0.4 is 5.32 Å². The van der Waals surface area contributed by atoms with Gasteiger partial charge in [0.05, 0.1) is 6.10 Å². The molecule has 0 amide bonds. The first-order valence-corrected chi connectivity index (χ1v) is 9.91. The molecule has 0 spiro atoms. The summed E-state index contributed by atoms with van der Waals surface area (Å²) >= 11 is 0. The normalized spacial score (nSPS) is 31.1. The van der Waals surface area contributed by atoms with E-state index in [1.54, 1.807) is 0 Å². The zero-order chi connectivity index (χ0) is 14.8. The molecule has 1 aliphatic carbocycles. The summed E-state index contributed by atoms with van der Waals surface area (Å²) in [5.74, 6) is 1.01. The monoisotopic (exact) mass is 303 g/mol. The summed E-state index contributed by atoms with van der Waals surface area (Å²) in [5.41, 5.74) is 0.149. The molecule has 0 bridgehead atoms. The topological polar surface area (TPSA) is 55.4 Å². The highest BCUT2D eigenvalue weighted by Crippen LogP contribution is 2.49. The molecular formula is C15H29NO3S. The van der Waals surface area contributed by atoms with E-state index in [0.29, 0.717) is 23.8 Å². The lowest BCUT2D eigenvalue weighted by Crippen LogP contribution is -2.44. The lowest BCUT2D eigenvalue weighted by atomic mass is 9.75. The molecule has 4 nitrogen and oxygen atoms in total. The Morgan fingerprint density at radius 3 is 2.60 bits per heavy atom. The van der Waals surface area contributed by atoms with Crippen molar-refractivity contribution >= 4 is 9.84 Å². The van der Waals surface area contributed by atoms with Gasteiger partial charge in [-0.25, -0.2) is 8.42 Å². The maximum Gasteiger partial charge on any atom is 0.147 e. The summed E-state index contributed by atoms with van der Waals surface area (Å²) < 4.78 is 28.7. The Balaban J connectivity index is 1.99. The first-order chi connectivity index (χ1) is 9.32. The highest BCUT2D eigenvalue weighted by Gasteiger charge is 2.50. The molecule has 1 saturated carbocycles. The highest BCUT2D eigenvalue weighted by molar-refractivity contribution is 7.90. The van der Waals surface area contributed by atoms with Gasteiger partial charge in [0.2, 0.25) is 0 Å². The van der Waals surface area contributed by atoms with Crippen molar-refractivity contribution < 1.29 is 13.2 Å². The number of sulfone groups is 1. The average Bonchev–Trinajstić information content (AvgIpc) is 3.08. The molecule has 1 saturated heterocycles. The van der Waals surface area contributed by atoms with Gasteiger partial charge in [-0.05, 0) is 38.0 Å². The van der Waals surface area contributed by atoms with E-state index in [1.807, 2.05) is 0 Å². The number of ether oxygens (including phenoxy) is 1. The van der Waals surface area contributed by atoms with Crippen molar-refractivity contribution in [1.29, 1.82) is 0 Å². The lowest BCUT2D eigenvalue weighted by Gasteiger charge is -2.35. The van der Waals surface area contributed by atoms with E-state index in [-0.39, 0.29) is 5.41 Å². The largest absolute Gasteiger partial charge is 0.377 e. The quantitative estimate of drug-likeness (QED) is 0.745. The number of hydrogen-bond acceptors (Lipinski definition) is 4. The number of hydrogen-bond donors (Lipinski definition) is 1. The fraction of sp³-hybridized carbons (Fsp3) is 1.00. The van der Waals surface area contributed by atoms with Crippen molar-refractivity contribution in [3.63, 3.8) is 0 Å². The summed E-state index contributed by atoms with van der Waals surface area (Å²) in [6.07, 6.45) is 7.01. The summed E-state index contributed by atoms with van der Waals surface area (Å²) in [6.45, 7) is 6.10. The van der Waals surface area contributed by atoms with E-state index in [9.17, 15) is 8.42 Å². The van der Waals surface area contributed by atoms with E-state index in [1.165, 1.54) is 19.1 Å². The smallest absolute Gasteiger partial charge is 0.147 e. The highest BCUT2D eigenvalue weighted by atomic mass is 32.2. The molecule has 2 aliphatic rings. The Kier molecular flexibility index (Phi) is 5.14. The van der Waals surface area contributed by atoms with Crippen molar-refractivity contribution in [3.8, 4) is 0 Å². The minimum atomic E-state index is -2.86. The van der Waals surface area contributed by atoms with E-state index < -0.39 is 9.84 Å². The Hall–Kier alpha value is -0.130. The predicted molar refractivity (Wildman–Crippen MR) is 81.6 cm³/mol. The fourth-order valence-electron chi connectivity index (χ4n) is 3.38. The molecule has 2 fully saturated rings. The van der Waals surface area contributed by atoms with Crippen molar-refractivity contribution in [2.45, 2.75) is 58.1 Å². The average molecular weight is 303 g/mol. The summed E-state index contributed by atoms with van der Waals surface area (Å²) in [6, 6.07) is 0.460. The minimum absolute atomic E-state index is 0.149. The zero-order valence-electron chi connectivity index (χ0n) is 13.0. The van der Waals surface area contributed by atoms with Crippen LogP contribution in [0.25, 0.3) is 0 Å².